The number of anilines is 1. The average molecular weight is 564 g/mol. The first-order valence-electron chi connectivity index (χ1n) is 9.66. The third-order valence-corrected chi connectivity index (χ3v) is 6.77. The topological polar surface area (TPSA) is 339 Å². The Labute approximate surface area is 200 Å². The smallest absolute Gasteiger partial charge is 0.394 e. The summed E-state index contributed by atoms with van der Waals surface area (Å²) >= 11 is 0. The van der Waals surface area contributed by atoms with Gasteiger partial charge in [0.1, 0.15) is 18.3 Å². The Morgan fingerprint density at radius 3 is 2.22 bits per heavy atom. The van der Waals surface area contributed by atoms with Crippen LogP contribution in [0.2, 0.25) is 0 Å². The van der Waals surface area contributed by atoms with Crippen molar-refractivity contribution >= 4 is 32.8 Å². The van der Waals surface area contributed by atoms with E-state index < -0.39 is 77.7 Å². The first kappa shape index (κ1) is 30.4. The Morgan fingerprint density at radius 1 is 1.14 bits per heavy atom. The number of fused-ring (bicyclic) bond motifs is 1. The molecule has 3 rings (SSSR count). The van der Waals surface area contributed by atoms with E-state index in [4.69, 9.17) is 41.3 Å². The van der Waals surface area contributed by atoms with Crippen molar-refractivity contribution in [1.82, 2.24) is 19.5 Å². The number of ether oxygens (including phenoxy) is 1. The maximum atomic E-state index is 11.8. The largest absolute Gasteiger partial charge is 0.481 e. The van der Waals surface area contributed by atoms with Gasteiger partial charge in [-0.05, 0) is 0 Å². The second kappa shape index (κ2) is 11.7. The van der Waals surface area contributed by atoms with Gasteiger partial charge in [-0.1, -0.05) is 0 Å². The van der Waals surface area contributed by atoms with E-state index in [9.17, 15) is 29.0 Å². The molecule has 5 atom stereocenters. The first-order chi connectivity index (χ1) is 16.6. The third-order valence-electron chi connectivity index (χ3n) is 4.62. The van der Waals surface area contributed by atoms with Crippen molar-refractivity contribution in [2.45, 2.75) is 30.1 Å². The quantitative estimate of drug-likeness (QED) is 0.127. The van der Waals surface area contributed by atoms with E-state index in [2.05, 4.69) is 23.8 Å². The highest BCUT2D eigenvalue weighted by Crippen LogP contribution is 2.57. The van der Waals surface area contributed by atoms with Crippen molar-refractivity contribution in [3.63, 3.8) is 0 Å². The van der Waals surface area contributed by atoms with Crippen molar-refractivity contribution in [3.05, 3.63) is 16.7 Å². The molecule has 2 aromatic heterocycles. The minimum absolute atomic E-state index is 0.0586. The van der Waals surface area contributed by atoms with E-state index in [1.165, 1.54) is 0 Å². The lowest BCUT2D eigenvalue weighted by Gasteiger charge is -2.20. The molecule has 1 fully saturated rings. The number of phosphoric ester groups is 1. The predicted octanol–water partition coefficient (Wildman–Crippen LogP) is -4.79. The molecule has 22 heteroatoms. The molecule has 0 radical (unpaired) electrons. The number of aromatic amines is 1. The molecule has 2 aromatic rings. The molecule has 0 saturated carbocycles. The summed E-state index contributed by atoms with van der Waals surface area (Å²) in [5.41, 5.74) is 8.58. The number of hydrogen-bond acceptors (Lipinski definition) is 15. The second-order valence-electron chi connectivity index (χ2n) is 7.49. The van der Waals surface area contributed by atoms with Crippen LogP contribution in [-0.2, 0) is 22.7 Å². The second-order valence-corrected chi connectivity index (χ2v) is 10.3. The standard InChI is InChI=1S/C10H15N5O11P2.C4H11NO3/c11-10-13-7-4(8(18)14-10)12-2-15(7)9-6(17)5(16)3(25-9)1-24-28(22,23)26-27(19,20)21;5-4(1-6,2-7)3-8/h2-3,5-6,9,16-17H,1H2,(H,22,23)(H2,19,20,21)(H3,11,13,14,18);6-8H,1-3,5H2/t3-,5-,6-,9-;/m0./s1. The summed E-state index contributed by atoms with van der Waals surface area (Å²) in [7, 11) is -10.5. The lowest BCUT2D eigenvalue weighted by atomic mass is 10.1. The van der Waals surface area contributed by atoms with Crippen LogP contribution in [0.25, 0.3) is 11.2 Å². The van der Waals surface area contributed by atoms with E-state index in [-0.39, 0.29) is 17.1 Å². The Hall–Kier alpha value is -1.87. The fourth-order valence-corrected chi connectivity index (χ4v) is 4.30. The number of aromatic nitrogens is 4. The molecule has 3 heterocycles. The average Bonchev–Trinajstić information content (AvgIpc) is 3.32. The number of imidazole rings is 1. The molecule has 0 amide bonds. The number of hydrogen-bond donors (Lipinski definition) is 11. The predicted molar refractivity (Wildman–Crippen MR) is 116 cm³/mol. The monoisotopic (exact) mass is 564 g/mol. The Kier molecular flexibility index (Phi) is 9.84. The molecule has 36 heavy (non-hydrogen) atoms. The zero-order valence-corrected chi connectivity index (χ0v) is 19.9. The zero-order chi connectivity index (χ0) is 27.5. The van der Waals surface area contributed by atoms with Gasteiger partial charge in [0.15, 0.2) is 17.4 Å². The Morgan fingerprint density at radius 2 is 1.72 bits per heavy atom. The highest BCUT2D eigenvalue weighted by atomic mass is 31.3. The molecule has 1 unspecified atom stereocenters. The minimum Gasteiger partial charge on any atom is -0.394 e. The van der Waals surface area contributed by atoms with E-state index in [1.807, 2.05) is 0 Å². The molecule has 20 nitrogen and oxygen atoms in total. The normalized spacial score (nSPS) is 24.4. The SMILES string of the molecule is NC(CO)(CO)CO.Nc1nc2c(ncn2[C@H]2O[C@@H](COP(=O)(O)OP(=O)(O)O)[C@H](O)[C@@H]2O)c(=O)[nH]1. The van der Waals surface area contributed by atoms with Crippen LogP contribution in [0.15, 0.2) is 11.1 Å². The fourth-order valence-electron chi connectivity index (χ4n) is 2.70. The molecule has 1 saturated heterocycles. The number of aliphatic hydroxyl groups excluding tert-OH is 5. The molecule has 1 aliphatic rings. The van der Waals surface area contributed by atoms with Gasteiger partial charge >= 0.3 is 15.6 Å². The molecule has 0 spiro atoms. The summed E-state index contributed by atoms with van der Waals surface area (Å²) in [4.78, 5) is 48.1. The van der Waals surface area contributed by atoms with Gasteiger partial charge < -0.3 is 56.4 Å². The van der Waals surface area contributed by atoms with E-state index >= 15 is 0 Å². The highest BCUT2D eigenvalue weighted by Gasteiger charge is 2.46. The number of rotatable bonds is 9. The minimum atomic E-state index is -5.32. The molecular formula is C14H26N6O14P2. The number of H-pyrrole nitrogens is 1. The van der Waals surface area contributed by atoms with Gasteiger partial charge in [0.2, 0.25) is 5.95 Å². The van der Waals surface area contributed by atoms with Gasteiger partial charge in [0.25, 0.3) is 5.56 Å². The summed E-state index contributed by atoms with van der Waals surface area (Å²) in [5.74, 6) is -0.233. The number of nitrogens with two attached hydrogens (primary N) is 2. The number of aliphatic hydroxyl groups is 5. The summed E-state index contributed by atoms with van der Waals surface area (Å²) in [5, 5.41) is 45.3. The van der Waals surface area contributed by atoms with Crippen LogP contribution in [0, 0.1) is 0 Å². The molecule has 206 valence electrons. The molecule has 0 aliphatic carbocycles. The number of phosphoric acid groups is 2. The van der Waals surface area contributed by atoms with Gasteiger partial charge in [-0.25, -0.2) is 14.1 Å². The first-order valence-corrected chi connectivity index (χ1v) is 12.7. The number of nitrogen functional groups attached to an aromatic ring is 1. The summed E-state index contributed by atoms with van der Waals surface area (Å²) in [6, 6.07) is 0. The Balaban J connectivity index is 0.000000493. The molecule has 1 aliphatic heterocycles. The summed E-state index contributed by atoms with van der Waals surface area (Å²) in [6.07, 6.45) is -4.88. The number of nitrogens with zero attached hydrogens (tertiary/aromatic N) is 3. The zero-order valence-electron chi connectivity index (χ0n) is 18.1. The van der Waals surface area contributed by atoms with Gasteiger partial charge in [0.05, 0.1) is 38.3 Å². The van der Waals surface area contributed by atoms with Crippen LogP contribution < -0.4 is 17.0 Å². The fraction of sp³-hybridized carbons (Fsp3) is 0.643. The van der Waals surface area contributed by atoms with E-state index in [1.54, 1.807) is 0 Å². The van der Waals surface area contributed by atoms with Crippen molar-refractivity contribution in [1.29, 1.82) is 0 Å². The van der Waals surface area contributed by atoms with Crippen LogP contribution in [-0.4, -0.2) is 110 Å². The lowest BCUT2D eigenvalue weighted by molar-refractivity contribution is -0.0503. The van der Waals surface area contributed by atoms with Gasteiger partial charge in [-0.3, -0.25) is 18.9 Å². The maximum absolute atomic E-state index is 11.8. The van der Waals surface area contributed by atoms with Crippen LogP contribution in [0.4, 0.5) is 5.95 Å². The van der Waals surface area contributed by atoms with Crippen molar-refractivity contribution < 1.29 is 62.9 Å². The summed E-state index contributed by atoms with van der Waals surface area (Å²) < 4.78 is 36.6. The maximum Gasteiger partial charge on any atom is 0.481 e. The van der Waals surface area contributed by atoms with Crippen LogP contribution in [0.1, 0.15) is 6.23 Å². The Bertz CT molecular complexity index is 1170. The number of nitrogens with one attached hydrogen (secondary N) is 1. The van der Waals surface area contributed by atoms with Crippen LogP contribution in [0.5, 0.6) is 0 Å². The van der Waals surface area contributed by atoms with Crippen LogP contribution in [0.3, 0.4) is 0 Å². The molecular weight excluding hydrogens is 538 g/mol. The van der Waals surface area contributed by atoms with Crippen molar-refractivity contribution in [3.8, 4) is 0 Å². The van der Waals surface area contributed by atoms with E-state index in [0.717, 1.165) is 10.9 Å². The van der Waals surface area contributed by atoms with Gasteiger partial charge in [-0.2, -0.15) is 9.29 Å². The van der Waals surface area contributed by atoms with E-state index in [0.29, 0.717) is 0 Å². The molecule has 0 bridgehead atoms. The lowest BCUT2D eigenvalue weighted by Crippen LogP contribution is -2.50. The van der Waals surface area contributed by atoms with Gasteiger partial charge in [0, 0.05) is 0 Å². The highest BCUT2D eigenvalue weighted by molar-refractivity contribution is 7.60. The molecule has 0 aromatic carbocycles. The van der Waals surface area contributed by atoms with Crippen LogP contribution >= 0.6 is 15.6 Å². The van der Waals surface area contributed by atoms with Gasteiger partial charge in [-0.15, -0.1) is 0 Å². The third kappa shape index (κ3) is 7.57. The van der Waals surface area contributed by atoms with Crippen molar-refractivity contribution in [2.75, 3.05) is 32.2 Å². The van der Waals surface area contributed by atoms with Crippen molar-refractivity contribution in [2.24, 2.45) is 5.73 Å². The molecule has 13 N–H and O–H groups in total. The summed E-state index contributed by atoms with van der Waals surface area (Å²) in [6.45, 7) is -2.08.